The summed E-state index contributed by atoms with van der Waals surface area (Å²) in [5.74, 6) is 0.377. The van der Waals surface area contributed by atoms with Crippen molar-refractivity contribution in [3.05, 3.63) is 22.7 Å². The molecule has 1 aromatic rings. The minimum Gasteiger partial charge on any atom is -0.317 e. The third-order valence-corrected chi connectivity index (χ3v) is 2.94. The highest BCUT2D eigenvalue weighted by Crippen LogP contribution is 2.23. The predicted molar refractivity (Wildman–Crippen MR) is 56.7 cm³/mol. The van der Waals surface area contributed by atoms with Crippen LogP contribution in [0.1, 0.15) is 25.5 Å². The van der Waals surface area contributed by atoms with Gasteiger partial charge in [0.1, 0.15) is 6.33 Å². The molecule has 0 amide bonds. The topological polar surface area (TPSA) is 37.8 Å². The molecule has 0 radical (unpaired) electrons. The second kappa shape index (κ2) is 4.67. The summed E-state index contributed by atoms with van der Waals surface area (Å²) in [5.41, 5.74) is 1.05. The number of hydrogen-bond acceptors (Lipinski definition) is 3. The molecule has 1 N–H and O–H groups in total. The van der Waals surface area contributed by atoms with E-state index in [1.54, 1.807) is 12.5 Å². The largest absolute Gasteiger partial charge is 0.317 e. The summed E-state index contributed by atoms with van der Waals surface area (Å²) in [7, 11) is 1.95. The first-order valence-electron chi connectivity index (χ1n) is 4.29. The van der Waals surface area contributed by atoms with E-state index >= 15 is 0 Å². The maximum Gasteiger partial charge on any atom is 0.115 e. The molecule has 0 spiro atoms. The van der Waals surface area contributed by atoms with Crippen molar-refractivity contribution in [2.75, 3.05) is 7.05 Å². The smallest absolute Gasteiger partial charge is 0.115 e. The summed E-state index contributed by atoms with van der Waals surface area (Å²) in [6, 6.07) is 0.409. The average Bonchev–Trinajstić information content (AvgIpc) is 2.16. The van der Waals surface area contributed by atoms with E-state index in [1.165, 1.54) is 0 Å². The highest BCUT2D eigenvalue weighted by atomic mass is 79.9. The van der Waals surface area contributed by atoms with Gasteiger partial charge in [0, 0.05) is 18.2 Å². The lowest BCUT2D eigenvalue weighted by molar-refractivity contribution is 0.512. The average molecular weight is 244 g/mol. The lowest BCUT2D eigenvalue weighted by Crippen LogP contribution is -2.27. The molecular formula is C9H14BrN3. The van der Waals surface area contributed by atoms with Gasteiger partial charge in [0.05, 0.1) is 10.2 Å². The Labute approximate surface area is 87.1 Å². The van der Waals surface area contributed by atoms with Crippen LogP contribution in [0.25, 0.3) is 0 Å². The first kappa shape index (κ1) is 10.6. The molecule has 1 aromatic heterocycles. The molecule has 2 unspecified atom stereocenters. The summed E-state index contributed by atoms with van der Waals surface area (Å²) >= 11 is 3.44. The molecule has 72 valence electrons. The fourth-order valence-electron chi connectivity index (χ4n) is 1.14. The zero-order valence-corrected chi connectivity index (χ0v) is 9.67. The van der Waals surface area contributed by atoms with Crippen molar-refractivity contribution in [3.63, 3.8) is 0 Å². The van der Waals surface area contributed by atoms with E-state index in [-0.39, 0.29) is 0 Å². The van der Waals surface area contributed by atoms with Gasteiger partial charge in [-0.15, -0.1) is 0 Å². The molecule has 0 saturated heterocycles. The molecule has 4 heteroatoms. The summed E-state index contributed by atoms with van der Waals surface area (Å²) in [5, 5.41) is 3.21. The Morgan fingerprint density at radius 3 is 2.69 bits per heavy atom. The van der Waals surface area contributed by atoms with Gasteiger partial charge in [-0.25, -0.2) is 9.97 Å². The lowest BCUT2D eigenvalue weighted by atomic mass is 10.00. The fourth-order valence-corrected chi connectivity index (χ4v) is 1.73. The van der Waals surface area contributed by atoms with Crippen molar-refractivity contribution in [2.24, 2.45) is 0 Å². The number of rotatable bonds is 3. The summed E-state index contributed by atoms with van der Waals surface area (Å²) in [6.07, 6.45) is 3.36. The molecule has 1 rings (SSSR count). The summed E-state index contributed by atoms with van der Waals surface area (Å²) in [6.45, 7) is 4.29. The molecule has 0 saturated carbocycles. The van der Waals surface area contributed by atoms with E-state index in [1.807, 2.05) is 7.05 Å². The van der Waals surface area contributed by atoms with Crippen LogP contribution in [0, 0.1) is 0 Å². The Hall–Kier alpha value is -0.480. The number of hydrogen-bond donors (Lipinski definition) is 1. The van der Waals surface area contributed by atoms with Gasteiger partial charge in [0.15, 0.2) is 0 Å². The van der Waals surface area contributed by atoms with Crippen molar-refractivity contribution in [3.8, 4) is 0 Å². The van der Waals surface area contributed by atoms with Gasteiger partial charge in [0.25, 0.3) is 0 Å². The Balaban J connectivity index is 2.88. The highest BCUT2D eigenvalue weighted by molar-refractivity contribution is 9.10. The van der Waals surface area contributed by atoms with Crippen LogP contribution in [0.3, 0.4) is 0 Å². The minimum absolute atomic E-state index is 0.377. The van der Waals surface area contributed by atoms with Gasteiger partial charge in [-0.05, 0) is 29.9 Å². The second-order valence-electron chi connectivity index (χ2n) is 3.12. The molecule has 0 aromatic carbocycles. The minimum atomic E-state index is 0.377. The van der Waals surface area contributed by atoms with Crippen molar-refractivity contribution >= 4 is 15.9 Å². The van der Waals surface area contributed by atoms with Gasteiger partial charge in [-0.3, -0.25) is 0 Å². The van der Waals surface area contributed by atoms with Crippen LogP contribution in [-0.4, -0.2) is 23.1 Å². The van der Waals surface area contributed by atoms with Crippen LogP contribution in [0.15, 0.2) is 17.0 Å². The molecule has 0 fully saturated rings. The van der Waals surface area contributed by atoms with Crippen LogP contribution >= 0.6 is 15.9 Å². The first-order valence-corrected chi connectivity index (χ1v) is 5.08. The fraction of sp³-hybridized carbons (Fsp3) is 0.556. The molecule has 0 bridgehead atoms. The van der Waals surface area contributed by atoms with Crippen LogP contribution in [0.4, 0.5) is 0 Å². The number of nitrogens with one attached hydrogen (secondary N) is 1. The molecule has 13 heavy (non-hydrogen) atoms. The van der Waals surface area contributed by atoms with Gasteiger partial charge in [-0.2, -0.15) is 0 Å². The van der Waals surface area contributed by atoms with E-state index in [2.05, 4.69) is 45.1 Å². The highest BCUT2D eigenvalue weighted by Gasteiger charge is 2.16. The normalized spacial score (nSPS) is 15.4. The van der Waals surface area contributed by atoms with Crippen molar-refractivity contribution < 1.29 is 0 Å². The number of likely N-dealkylation sites (N-methyl/N-ethyl adjacent to an activating group) is 1. The van der Waals surface area contributed by atoms with Crippen LogP contribution in [-0.2, 0) is 0 Å². The summed E-state index contributed by atoms with van der Waals surface area (Å²) < 4.78 is 0.976. The lowest BCUT2D eigenvalue weighted by Gasteiger charge is -2.19. The second-order valence-corrected chi connectivity index (χ2v) is 3.98. The zero-order chi connectivity index (χ0) is 9.84. The van der Waals surface area contributed by atoms with Crippen molar-refractivity contribution in [1.29, 1.82) is 0 Å². The zero-order valence-electron chi connectivity index (χ0n) is 8.08. The predicted octanol–water partition coefficient (Wildman–Crippen LogP) is 1.95. The molecule has 0 aliphatic carbocycles. The Kier molecular flexibility index (Phi) is 3.81. The molecule has 3 nitrogen and oxygen atoms in total. The molecule has 1 heterocycles. The number of nitrogens with zero attached hydrogens (tertiary/aromatic N) is 2. The van der Waals surface area contributed by atoms with Gasteiger partial charge in [0.2, 0.25) is 0 Å². The van der Waals surface area contributed by atoms with E-state index < -0.39 is 0 Å². The van der Waals surface area contributed by atoms with Crippen LogP contribution in [0.5, 0.6) is 0 Å². The van der Waals surface area contributed by atoms with Crippen LogP contribution < -0.4 is 5.32 Å². The van der Waals surface area contributed by atoms with Crippen LogP contribution in [0.2, 0.25) is 0 Å². The van der Waals surface area contributed by atoms with E-state index in [9.17, 15) is 0 Å². The van der Waals surface area contributed by atoms with Gasteiger partial charge < -0.3 is 5.32 Å². The van der Waals surface area contributed by atoms with E-state index in [4.69, 9.17) is 0 Å². The Morgan fingerprint density at radius 1 is 1.46 bits per heavy atom. The maximum atomic E-state index is 4.25. The molecule has 0 aliphatic heterocycles. The number of aromatic nitrogens is 2. The van der Waals surface area contributed by atoms with Crippen molar-refractivity contribution in [2.45, 2.75) is 25.8 Å². The Bertz CT molecular complexity index is 277. The Morgan fingerprint density at radius 2 is 2.15 bits per heavy atom. The monoisotopic (exact) mass is 243 g/mol. The number of halogens is 1. The van der Waals surface area contributed by atoms with E-state index in [0.29, 0.717) is 12.0 Å². The first-order chi connectivity index (χ1) is 6.16. The maximum absolute atomic E-state index is 4.25. The molecule has 2 atom stereocenters. The quantitative estimate of drug-likeness (QED) is 0.883. The summed E-state index contributed by atoms with van der Waals surface area (Å²) in [4.78, 5) is 8.18. The van der Waals surface area contributed by atoms with Gasteiger partial charge >= 0.3 is 0 Å². The third-order valence-electron chi connectivity index (χ3n) is 2.33. The third kappa shape index (κ3) is 2.48. The van der Waals surface area contributed by atoms with Crippen molar-refractivity contribution in [1.82, 2.24) is 15.3 Å². The van der Waals surface area contributed by atoms with E-state index in [0.717, 1.165) is 10.2 Å². The molecule has 0 aliphatic rings. The molecular weight excluding hydrogens is 230 g/mol. The van der Waals surface area contributed by atoms with Gasteiger partial charge in [-0.1, -0.05) is 6.92 Å². The SMILES string of the molecule is CNC(C)C(C)c1ncncc1Br. The standard InChI is InChI=1S/C9H14BrN3/c1-6(7(2)11-3)9-8(10)4-12-5-13-9/h4-7,11H,1-3H3.